The zero-order valence-corrected chi connectivity index (χ0v) is 17.6. The van der Waals surface area contributed by atoms with Crippen LogP contribution < -0.4 is 5.32 Å². The summed E-state index contributed by atoms with van der Waals surface area (Å²) < 4.78 is 26.0. The molecule has 0 heterocycles. The number of sulfonamides is 1. The quantitative estimate of drug-likeness (QED) is 0.712. The Morgan fingerprint density at radius 2 is 1.39 bits per heavy atom. The molecule has 0 aliphatic rings. The molecule has 0 saturated heterocycles. The predicted octanol–water partition coefficient (Wildman–Crippen LogP) is 2.71. The fraction of sp³-hybridized carbons (Fsp3) is 0.222. The summed E-state index contributed by atoms with van der Waals surface area (Å²) in [5.74, 6) is -0.937. The van der Waals surface area contributed by atoms with Gasteiger partial charge in [0.05, 0.1) is 18.0 Å². The van der Waals surface area contributed by atoms with Crippen molar-refractivity contribution in [3.05, 3.63) is 58.6 Å². The first-order valence-electron chi connectivity index (χ1n) is 8.11. The van der Waals surface area contributed by atoms with Gasteiger partial charge in [0, 0.05) is 29.8 Å². The second kappa shape index (κ2) is 9.38. The number of carbonyl (C=O) groups is 2. The van der Waals surface area contributed by atoms with Gasteiger partial charge >= 0.3 is 0 Å². The molecule has 10 heteroatoms. The Bertz CT molecular complexity index is 948. The number of hydrogen-bond donors (Lipinski definition) is 1. The van der Waals surface area contributed by atoms with Crippen molar-refractivity contribution in [2.75, 3.05) is 32.5 Å². The Kier molecular flexibility index (Phi) is 7.42. The molecule has 2 amide bonds. The Morgan fingerprint density at radius 3 is 1.93 bits per heavy atom. The Morgan fingerprint density at radius 1 is 0.893 bits per heavy atom. The fourth-order valence-electron chi connectivity index (χ4n) is 2.22. The molecular weight excluding hydrogens is 425 g/mol. The molecule has 2 aromatic carbocycles. The van der Waals surface area contributed by atoms with Crippen LogP contribution in [0, 0.1) is 0 Å². The molecular formula is C18H19Cl2N3O4S. The summed E-state index contributed by atoms with van der Waals surface area (Å²) >= 11 is 11.6. The first-order chi connectivity index (χ1) is 13.1. The summed E-state index contributed by atoms with van der Waals surface area (Å²) in [6, 6.07) is 12.2. The van der Waals surface area contributed by atoms with Crippen LogP contribution in [0.2, 0.25) is 10.0 Å². The third-order valence-electron chi connectivity index (χ3n) is 3.81. The third kappa shape index (κ3) is 5.93. The van der Waals surface area contributed by atoms with Crippen LogP contribution in [0.15, 0.2) is 53.4 Å². The average molecular weight is 444 g/mol. The van der Waals surface area contributed by atoms with Crippen LogP contribution in [-0.2, 0) is 19.6 Å². The topological polar surface area (TPSA) is 86.8 Å². The van der Waals surface area contributed by atoms with Gasteiger partial charge in [-0.15, -0.1) is 0 Å². The Labute approximate surface area is 173 Å². The van der Waals surface area contributed by atoms with Crippen molar-refractivity contribution in [1.82, 2.24) is 9.21 Å². The first kappa shape index (κ1) is 22.2. The number of carbonyl (C=O) groups excluding carboxylic acids is 2. The van der Waals surface area contributed by atoms with Crippen LogP contribution >= 0.6 is 23.2 Å². The molecule has 0 aliphatic heterocycles. The van der Waals surface area contributed by atoms with Gasteiger partial charge in [0.15, 0.2) is 0 Å². The number of likely N-dealkylation sites (N-methyl/N-ethyl adjacent to an activating group) is 2. The molecule has 0 aromatic heterocycles. The number of nitrogens with zero attached hydrogens (tertiary/aromatic N) is 2. The highest BCUT2D eigenvalue weighted by atomic mass is 35.5. The molecule has 7 nitrogen and oxygen atoms in total. The largest absolute Gasteiger partial charge is 0.335 e. The highest BCUT2D eigenvalue weighted by molar-refractivity contribution is 7.89. The van der Waals surface area contributed by atoms with E-state index in [1.54, 1.807) is 24.3 Å². The van der Waals surface area contributed by atoms with Crippen molar-refractivity contribution in [2.24, 2.45) is 0 Å². The van der Waals surface area contributed by atoms with Gasteiger partial charge in [-0.1, -0.05) is 23.2 Å². The van der Waals surface area contributed by atoms with Gasteiger partial charge in [0.2, 0.25) is 21.8 Å². The number of amides is 2. The van der Waals surface area contributed by atoms with Crippen molar-refractivity contribution in [3.63, 3.8) is 0 Å². The lowest BCUT2D eigenvalue weighted by Crippen LogP contribution is -2.42. The number of rotatable bonds is 7. The maximum absolute atomic E-state index is 12.5. The van der Waals surface area contributed by atoms with Gasteiger partial charge in [-0.2, -0.15) is 4.31 Å². The number of hydrogen-bond acceptors (Lipinski definition) is 4. The van der Waals surface area contributed by atoms with Crippen molar-refractivity contribution in [1.29, 1.82) is 0 Å². The maximum atomic E-state index is 12.5. The maximum Gasteiger partial charge on any atom is 0.243 e. The standard InChI is InChI=1S/C18H19Cl2N3O4S/c1-22(11-17(24)21-15-7-3-13(19)4-8-15)18(25)12-23(2)28(26,27)16-9-5-14(20)6-10-16/h3-10H,11-12H2,1-2H3,(H,21,24). The molecule has 0 saturated carbocycles. The third-order valence-corrected chi connectivity index (χ3v) is 6.14. The molecule has 0 fully saturated rings. The van der Waals surface area contributed by atoms with E-state index < -0.39 is 28.4 Å². The van der Waals surface area contributed by atoms with Gasteiger partial charge in [-0.05, 0) is 48.5 Å². The van der Waals surface area contributed by atoms with E-state index in [1.165, 1.54) is 38.4 Å². The van der Waals surface area contributed by atoms with Gasteiger partial charge in [-0.3, -0.25) is 9.59 Å². The van der Waals surface area contributed by atoms with Crippen molar-refractivity contribution in [2.45, 2.75) is 4.90 Å². The van der Waals surface area contributed by atoms with Gasteiger partial charge in [0.25, 0.3) is 0 Å². The highest BCUT2D eigenvalue weighted by Gasteiger charge is 2.24. The number of nitrogens with one attached hydrogen (secondary N) is 1. The van der Waals surface area contributed by atoms with E-state index in [2.05, 4.69) is 5.32 Å². The highest BCUT2D eigenvalue weighted by Crippen LogP contribution is 2.17. The zero-order chi connectivity index (χ0) is 20.9. The molecule has 0 aliphatic carbocycles. The Hall–Kier alpha value is -2.13. The van der Waals surface area contributed by atoms with Gasteiger partial charge in [0.1, 0.15) is 0 Å². The predicted molar refractivity (Wildman–Crippen MR) is 109 cm³/mol. The van der Waals surface area contributed by atoms with E-state index in [1.807, 2.05) is 0 Å². The summed E-state index contributed by atoms with van der Waals surface area (Å²) in [6.45, 7) is -0.633. The molecule has 2 aromatic rings. The normalized spacial score (nSPS) is 11.3. The average Bonchev–Trinajstić information content (AvgIpc) is 2.63. The molecule has 0 radical (unpaired) electrons. The minimum atomic E-state index is -3.85. The smallest absolute Gasteiger partial charge is 0.243 e. The van der Waals surface area contributed by atoms with Crippen LogP contribution in [0.4, 0.5) is 5.69 Å². The molecule has 0 unspecified atom stereocenters. The molecule has 0 atom stereocenters. The molecule has 0 bridgehead atoms. The molecule has 28 heavy (non-hydrogen) atoms. The molecule has 2 rings (SSSR count). The van der Waals surface area contributed by atoms with E-state index in [9.17, 15) is 18.0 Å². The fourth-order valence-corrected chi connectivity index (χ4v) is 3.59. The molecule has 150 valence electrons. The monoisotopic (exact) mass is 443 g/mol. The van der Waals surface area contributed by atoms with E-state index in [-0.39, 0.29) is 11.4 Å². The van der Waals surface area contributed by atoms with Crippen LogP contribution in [0.5, 0.6) is 0 Å². The second-order valence-corrected chi connectivity index (χ2v) is 8.94. The summed E-state index contributed by atoms with van der Waals surface area (Å²) in [6.07, 6.45) is 0. The van der Waals surface area contributed by atoms with Gasteiger partial charge in [-0.25, -0.2) is 8.42 Å². The lowest BCUT2D eigenvalue weighted by Gasteiger charge is -2.21. The summed E-state index contributed by atoms with van der Waals surface area (Å²) in [4.78, 5) is 25.6. The van der Waals surface area contributed by atoms with Crippen LogP contribution in [-0.4, -0.2) is 56.6 Å². The minimum absolute atomic E-state index is 0.0235. The van der Waals surface area contributed by atoms with E-state index in [4.69, 9.17) is 23.2 Å². The van der Waals surface area contributed by atoms with E-state index in [0.29, 0.717) is 15.7 Å². The second-order valence-electron chi connectivity index (χ2n) is 6.02. The summed E-state index contributed by atoms with van der Waals surface area (Å²) in [5, 5.41) is 3.58. The van der Waals surface area contributed by atoms with Gasteiger partial charge < -0.3 is 10.2 Å². The minimum Gasteiger partial charge on any atom is -0.335 e. The number of anilines is 1. The number of benzene rings is 2. The Balaban J connectivity index is 1.94. The zero-order valence-electron chi connectivity index (χ0n) is 15.2. The van der Waals surface area contributed by atoms with Crippen LogP contribution in [0.1, 0.15) is 0 Å². The SMILES string of the molecule is CN(CC(=O)Nc1ccc(Cl)cc1)C(=O)CN(C)S(=O)(=O)c1ccc(Cl)cc1. The van der Waals surface area contributed by atoms with E-state index >= 15 is 0 Å². The molecule has 1 N–H and O–H groups in total. The molecule has 0 spiro atoms. The number of halogens is 2. The van der Waals surface area contributed by atoms with Crippen LogP contribution in [0.3, 0.4) is 0 Å². The van der Waals surface area contributed by atoms with Crippen molar-refractivity contribution >= 4 is 50.7 Å². The first-order valence-corrected chi connectivity index (χ1v) is 10.3. The van der Waals surface area contributed by atoms with Crippen molar-refractivity contribution in [3.8, 4) is 0 Å². The lowest BCUT2D eigenvalue weighted by atomic mass is 10.3. The lowest BCUT2D eigenvalue weighted by molar-refractivity contribution is -0.133. The van der Waals surface area contributed by atoms with Crippen LogP contribution in [0.25, 0.3) is 0 Å². The van der Waals surface area contributed by atoms with E-state index in [0.717, 1.165) is 9.21 Å². The summed E-state index contributed by atoms with van der Waals surface area (Å²) in [5.41, 5.74) is 0.540. The summed E-state index contributed by atoms with van der Waals surface area (Å²) in [7, 11) is -1.13. The van der Waals surface area contributed by atoms with Crippen molar-refractivity contribution < 1.29 is 18.0 Å².